The molecule has 1 aliphatic carbocycles. The highest BCUT2D eigenvalue weighted by Gasteiger charge is 2.45. The summed E-state index contributed by atoms with van der Waals surface area (Å²) in [6.07, 6.45) is 2.63. The third-order valence-corrected chi connectivity index (χ3v) is 7.88. The van der Waals surface area contributed by atoms with Crippen LogP contribution in [-0.2, 0) is 25.0 Å². The zero-order valence-corrected chi connectivity index (χ0v) is 19.3. The van der Waals surface area contributed by atoms with Gasteiger partial charge in [0.25, 0.3) is 10.0 Å². The standard InChI is InChI=1S/C24H31N3O4S/c1-19-3-9-22(10-4-19)32(29,30)26-21-7-5-20(6-8-21)24(11-2-12-24)23(28)25-13-14-27-15-17-31-18-16-27/h3-10,26H,2,11-18H2,1H3,(H,25,28). The van der Waals surface area contributed by atoms with Gasteiger partial charge in [0.05, 0.1) is 23.5 Å². The van der Waals surface area contributed by atoms with Crippen molar-refractivity contribution in [2.45, 2.75) is 36.5 Å². The first-order valence-corrected chi connectivity index (χ1v) is 12.7. The Morgan fingerprint density at radius 2 is 1.69 bits per heavy atom. The third kappa shape index (κ3) is 4.98. The Bertz CT molecular complexity index is 1030. The molecule has 0 aromatic heterocycles. The molecule has 2 aromatic rings. The van der Waals surface area contributed by atoms with Crippen LogP contribution in [0.4, 0.5) is 5.69 Å². The van der Waals surface area contributed by atoms with E-state index in [1.807, 2.05) is 19.1 Å². The van der Waals surface area contributed by atoms with Gasteiger partial charge in [-0.3, -0.25) is 14.4 Å². The van der Waals surface area contributed by atoms with Crippen molar-refractivity contribution < 1.29 is 17.9 Å². The minimum Gasteiger partial charge on any atom is -0.379 e. The highest BCUT2D eigenvalue weighted by Crippen LogP contribution is 2.44. The first-order valence-electron chi connectivity index (χ1n) is 11.2. The lowest BCUT2D eigenvalue weighted by molar-refractivity contribution is -0.130. The Kier molecular flexibility index (Phi) is 6.83. The molecular weight excluding hydrogens is 426 g/mol. The number of carbonyl (C=O) groups excluding carboxylic acids is 1. The lowest BCUT2D eigenvalue weighted by Crippen LogP contribution is -2.51. The van der Waals surface area contributed by atoms with Crippen LogP contribution in [0.2, 0.25) is 0 Å². The second-order valence-corrected chi connectivity index (χ2v) is 10.3. The van der Waals surface area contributed by atoms with E-state index in [4.69, 9.17) is 4.74 Å². The Morgan fingerprint density at radius 1 is 1.03 bits per heavy atom. The van der Waals surface area contributed by atoms with Gasteiger partial charge >= 0.3 is 0 Å². The molecule has 0 unspecified atom stereocenters. The summed E-state index contributed by atoms with van der Waals surface area (Å²) < 4.78 is 33.3. The molecule has 1 heterocycles. The van der Waals surface area contributed by atoms with Gasteiger partial charge < -0.3 is 10.1 Å². The molecule has 1 saturated heterocycles. The highest BCUT2D eigenvalue weighted by molar-refractivity contribution is 7.92. The minimum absolute atomic E-state index is 0.0602. The Labute approximate surface area is 190 Å². The highest BCUT2D eigenvalue weighted by atomic mass is 32.2. The second-order valence-electron chi connectivity index (χ2n) is 8.64. The number of morpholine rings is 1. The number of amides is 1. The maximum absolute atomic E-state index is 13.0. The molecule has 2 N–H and O–H groups in total. The number of carbonyl (C=O) groups is 1. The van der Waals surface area contributed by atoms with Gasteiger partial charge in [-0.15, -0.1) is 0 Å². The molecule has 2 aromatic carbocycles. The number of sulfonamides is 1. The van der Waals surface area contributed by atoms with E-state index in [-0.39, 0.29) is 10.8 Å². The van der Waals surface area contributed by atoms with E-state index in [1.54, 1.807) is 36.4 Å². The van der Waals surface area contributed by atoms with Crippen LogP contribution in [0.3, 0.4) is 0 Å². The second kappa shape index (κ2) is 9.60. The maximum atomic E-state index is 13.0. The number of anilines is 1. The SMILES string of the molecule is Cc1ccc(S(=O)(=O)Nc2ccc(C3(C(=O)NCCN4CCOCC4)CCC3)cc2)cc1. The largest absolute Gasteiger partial charge is 0.379 e. The van der Waals surface area contributed by atoms with Crippen molar-refractivity contribution in [3.63, 3.8) is 0 Å². The van der Waals surface area contributed by atoms with Crippen molar-refractivity contribution in [2.24, 2.45) is 0 Å². The fraction of sp³-hybridized carbons (Fsp3) is 0.458. The van der Waals surface area contributed by atoms with E-state index in [1.165, 1.54) is 0 Å². The van der Waals surface area contributed by atoms with Crippen molar-refractivity contribution in [3.05, 3.63) is 59.7 Å². The van der Waals surface area contributed by atoms with Crippen molar-refractivity contribution >= 4 is 21.6 Å². The van der Waals surface area contributed by atoms with Crippen LogP contribution in [0.25, 0.3) is 0 Å². The third-order valence-electron chi connectivity index (χ3n) is 6.48. The summed E-state index contributed by atoms with van der Waals surface area (Å²) in [7, 11) is -3.65. The molecule has 32 heavy (non-hydrogen) atoms. The lowest BCUT2D eigenvalue weighted by Gasteiger charge is -2.41. The predicted molar refractivity (Wildman–Crippen MR) is 124 cm³/mol. The van der Waals surface area contributed by atoms with Gasteiger partial charge in [-0.2, -0.15) is 0 Å². The first-order chi connectivity index (χ1) is 15.4. The minimum atomic E-state index is -3.65. The van der Waals surface area contributed by atoms with Gasteiger partial charge in [-0.25, -0.2) is 8.42 Å². The van der Waals surface area contributed by atoms with Crippen LogP contribution in [0, 0.1) is 6.92 Å². The monoisotopic (exact) mass is 457 g/mol. The number of rotatable bonds is 8. The van der Waals surface area contributed by atoms with Crippen LogP contribution in [0.15, 0.2) is 53.4 Å². The number of benzene rings is 2. The molecule has 0 atom stereocenters. The van der Waals surface area contributed by atoms with E-state index in [0.717, 1.165) is 63.2 Å². The first kappa shape index (κ1) is 22.8. The predicted octanol–water partition coefficient (Wildman–Crippen LogP) is 2.67. The summed E-state index contributed by atoms with van der Waals surface area (Å²) >= 11 is 0. The number of nitrogens with zero attached hydrogens (tertiary/aromatic N) is 1. The summed E-state index contributed by atoms with van der Waals surface area (Å²) in [5, 5.41) is 3.12. The average Bonchev–Trinajstić information content (AvgIpc) is 2.75. The molecule has 2 fully saturated rings. The molecule has 0 spiro atoms. The van der Waals surface area contributed by atoms with E-state index >= 15 is 0 Å². The molecule has 2 aliphatic rings. The Balaban J connectivity index is 1.39. The van der Waals surface area contributed by atoms with E-state index < -0.39 is 15.4 Å². The molecule has 8 heteroatoms. The molecular formula is C24H31N3O4S. The zero-order chi connectivity index (χ0) is 22.6. The van der Waals surface area contributed by atoms with E-state index in [9.17, 15) is 13.2 Å². The van der Waals surface area contributed by atoms with Crippen LogP contribution in [0.1, 0.15) is 30.4 Å². The molecule has 1 amide bonds. The summed E-state index contributed by atoms with van der Waals surface area (Å²) in [4.78, 5) is 15.6. The van der Waals surface area contributed by atoms with Crippen molar-refractivity contribution in [2.75, 3.05) is 44.1 Å². The molecule has 1 aliphatic heterocycles. The van der Waals surface area contributed by atoms with Gasteiger partial charge in [0.2, 0.25) is 5.91 Å². The normalized spacial score (nSPS) is 18.5. The van der Waals surface area contributed by atoms with Crippen LogP contribution < -0.4 is 10.0 Å². The van der Waals surface area contributed by atoms with Crippen molar-refractivity contribution in [1.29, 1.82) is 0 Å². The molecule has 4 rings (SSSR count). The molecule has 0 radical (unpaired) electrons. The number of ether oxygens (including phenoxy) is 1. The van der Waals surface area contributed by atoms with E-state index in [0.29, 0.717) is 12.2 Å². The average molecular weight is 458 g/mol. The van der Waals surface area contributed by atoms with Crippen LogP contribution >= 0.6 is 0 Å². The van der Waals surface area contributed by atoms with Gasteiger partial charge in [-0.1, -0.05) is 36.2 Å². The van der Waals surface area contributed by atoms with Gasteiger partial charge in [0.1, 0.15) is 0 Å². The van der Waals surface area contributed by atoms with Crippen LogP contribution in [-0.4, -0.2) is 58.6 Å². The summed E-state index contributed by atoms with van der Waals surface area (Å²) in [5.41, 5.74) is 1.91. The Hall–Kier alpha value is -2.42. The summed E-state index contributed by atoms with van der Waals surface area (Å²) in [6.45, 7) is 6.66. The summed E-state index contributed by atoms with van der Waals surface area (Å²) in [6, 6.07) is 13.9. The Morgan fingerprint density at radius 3 is 2.28 bits per heavy atom. The fourth-order valence-corrected chi connectivity index (χ4v) is 5.35. The topological polar surface area (TPSA) is 87.7 Å². The molecule has 0 bridgehead atoms. The molecule has 172 valence electrons. The number of hydrogen-bond acceptors (Lipinski definition) is 5. The van der Waals surface area contributed by atoms with Gasteiger partial charge in [-0.05, 0) is 49.6 Å². The summed E-state index contributed by atoms with van der Waals surface area (Å²) in [5.74, 6) is 0.0602. The fourth-order valence-electron chi connectivity index (χ4n) is 4.29. The van der Waals surface area contributed by atoms with Crippen molar-refractivity contribution in [1.82, 2.24) is 10.2 Å². The maximum Gasteiger partial charge on any atom is 0.261 e. The molecule has 7 nitrogen and oxygen atoms in total. The van der Waals surface area contributed by atoms with Crippen LogP contribution in [0.5, 0.6) is 0 Å². The van der Waals surface area contributed by atoms with Crippen molar-refractivity contribution in [3.8, 4) is 0 Å². The quantitative estimate of drug-likeness (QED) is 0.636. The van der Waals surface area contributed by atoms with Gasteiger partial charge in [0.15, 0.2) is 0 Å². The smallest absolute Gasteiger partial charge is 0.261 e. The van der Waals surface area contributed by atoms with E-state index in [2.05, 4.69) is 14.9 Å². The number of aryl methyl sites for hydroxylation is 1. The number of nitrogens with one attached hydrogen (secondary N) is 2. The zero-order valence-electron chi connectivity index (χ0n) is 18.5. The van der Waals surface area contributed by atoms with Gasteiger partial charge in [0, 0.05) is 31.9 Å². The number of hydrogen-bond donors (Lipinski definition) is 2. The lowest BCUT2D eigenvalue weighted by atomic mass is 9.64. The molecule has 1 saturated carbocycles.